The van der Waals surface area contributed by atoms with Crippen LogP contribution in [0.1, 0.15) is 46.5 Å². The average Bonchev–Trinajstić information content (AvgIpc) is 2.48. The molecule has 0 bridgehead atoms. The fourth-order valence-corrected chi connectivity index (χ4v) is 2.98. The average molecular weight is 269 g/mol. The molecular weight excluding hydrogens is 242 g/mol. The van der Waals surface area contributed by atoms with Crippen LogP contribution in [0.5, 0.6) is 0 Å². The molecule has 1 aliphatic heterocycles. The molecule has 2 rings (SSSR count). The summed E-state index contributed by atoms with van der Waals surface area (Å²) in [6, 6.07) is 11.4. The molecule has 1 aromatic carbocycles. The van der Waals surface area contributed by atoms with Crippen LogP contribution >= 0.6 is 0 Å². The smallest absolute Gasteiger partial charge is 0.0542 e. The quantitative estimate of drug-likeness (QED) is 0.696. The van der Waals surface area contributed by atoms with E-state index in [9.17, 15) is 0 Å². The standard InChI is InChI=1S/C19H27N/c1-4-6-11-17-14-16(3)15-20(19(17)10-5-2)18-12-8-7-9-13-18/h7-9,11-14,19H,4-6,10,15H2,1-3H3/b17-11+. The van der Waals surface area contributed by atoms with E-state index >= 15 is 0 Å². The van der Waals surface area contributed by atoms with Gasteiger partial charge in [-0.3, -0.25) is 0 Å². The van der Waals surface area contributed by atoms with Gasteiger partial charge in [0, 0.05) is 12.2 Å². The molecule has 0 aliphatic carbocycles. The molecule has 1 unspecified atom stereocenters. The lowest BCUT2D eigenvalue weighted by Crippen LogP contribution is -2.40. The van der Waals surface area contributed by atoms with Crippen molar-refractivity contribution in [3.05, 3.63) is 53.6 Å². The molecule has 1 nitrogen and oxygen atoms in total. The third-order valence-corrected chi connectivity index (χ3v) is 3.91. The topological polar surface area (TPSA) is 3.24 Å². The summed E-state index contributed by atoms with van der Waals surface area (Å²) in [5.74, 6) is 0. The second kappa shape index (κ2) is 7.33. The van der Waals surface area contributed by atoms with Crippen molar-refractivity contribution in [2.45, 2.75) is 52.5 Å². The summed E-state index contributed by atoms with van der Waals surface area (Å²) in [4.78, 5) is 2.57. The number of rotatable bonds is 5. The van der Waals surface area contributed by atoms with E-state index in [1.54, 1.807) is 0 Å². The zero-order chi connectivity index (χ0) is 14.4. The molecule has 1 aromatic rings. The zero-order valence-corrected chi connectivity index (χ0v) is 13.1. The van der Waals surface area contributed by atoms with E-state index in [1.807, 2.05) is 0 Å². The lowest BCUT2D eigenvalue weighted by molar-refractivity contribution is 0.608. The fourth-order valence-electron chi connectivity index (χ4n) is 2.98. The van der Waals surface area contributed by atoms with Crippen LogP contribution in [0.15, 0.2) is 53.6 Å². The number of benzene rings is 1. The molecule has 108 valence electrons. The summed E-state index contributed by atoms with van der Waals surface area (Å²) in [6.45, 7) is 7.84. The minimum atomic E-state index is 0.539. The maximum absolute atomic E-state index is 2.57. The van der Waals surface area contributed by atoms with Gasteiger partial charge in [-0.1, -0.05) is 62.6 Å². The van der Waals surface area contributed by atoms with Crippen molar-refractivity contribution in [3.63, 3.8) is 0 Å². The lowest BCUT2D eigenvalue weighted by Gasteiger charge is -2.38. The number of anilines is 1. The van der Waals surface area contributed by atoms with E-state index in [2.05, 4.69) is 68.2 Å². The van der Waals surface area contributed by atoms with Crippen molar-refractivity contribution >= 4 is 5.69 Å². The first-order valence-electron chi connectivity index (χ1n) is 7.95. The molecule has 0 spiro atoms. The van der Waals surface area contributed by atoms with Gasteiger partial charge in [-0.2, -0.15) is 0 Å². The van der Waals surface area contributed by atoms with E-state index in [0.717, 1.165) is 6.54 Å². The fraction of sp³-hybridized carbons (Fsp3) is 0.474. The Morgan fingerprint density at radius 1 is 1.15 bits per heavy atom. The van der Waals surface area contributed by atoms with Crippen LogP contribution in [0.2, 0.25) is 0 Å². The molecule has 0 saturated carbocycles. The Kier molecular flexibility index (Phi) is 5.46. The number of hydrogen-bond acceptors (Lipinski definition) is 1. The number of unbranched alkanes of at least 4 members (excludes halogenated alkanes) is 1. The number of hydrogen-bond donors (Lipinski definition) is 0. The van der Waals surface area contributed by atoms with Crippen LogP contribution in [-0.2, 0) is 0 Å². The SMILES string of the molecule is CCC/C=C1\C=C(C)CN(c2ccccc2)C1CCC. The summed E-state index contributed by atoms with van der Waals surface area (Å²) in [5, 5.41) is 0. The van der Waals surface area contributed by atoms with E-state index in [-0.39, 0.29) is 0 Å². The van der Waals surface area contributed by atoms with E-state index in [1.165, 1.54) is 42.5 Å². The Morgan fingerprint density at radius 2 is 1.90 bits per heavy atom. The molecule has 20 heavy (non-hydrogen) atoms. The van der Waals surface area contributed by atoms with Crippen LogP contribution in [-0.4, -0.2) is 12.6 Å². The molecule has 0 fully saturated rings. The first-order chi connectivity index (χ1) is 9.76. The Labute approximate surface area is 124 Å². The van der Waals surface area contributed by atoms with Crippen molar-refractivity contribution in [1.29, 1.82) is 0 Å². The molecule has 0 saturated heterocycles. The largest absolute Gasteiger partial charge is 0.361 e. The monoisotopic (exact) mass is 269 g/mol. The van der Waals surface area contributed by atoms with Crippen LogP contribution in [0.3, 0.4) is 0 Å². The summed E-state index contributed by atoms with van der Waals surface area (Å²) < 4.78 is 0. The third kappa shape index (κ3) is 3.53. The van der Waals surface area contributed by atoms with Crippen molar-refractivity contribution in [2.75, 3.05) is 11.4 Å². The predicted molar refractivity (Wildman–Crippen MR) is 89.2 cm³/mol. The van der Waals surface area contributed by atoms with Gasteiger partial charge in [-0.25, -0.2) is 0 Å². The van der Waals surface area contributed by atoms with Gasteiger partial charge in [0.2, 0.25) is 0 Å². The first kappa shape index (κ1) is 14.9. The molecule has 0 radical (unpaired) electrons. The summed E-state index contributed by atoms with van der Waals surface area (Å²) in [6.07, 6.45) is 9.72. The minimum absolute atomic E-state index is 0.539. The summed E-state index contributed by atoms with van der Waals surface area (Å²) in [7, 11) is 0. The van der Waals surface area contributed by atoms with Gasteiger partial charge in [0.05, 0.1) is 6.04 Å². The van der Waals surface area contributed by atoms with Crippen molar-refractivity contribution in [2.24, 2.45) is 0 Å². The second-order valence-electron chi connectivity index (χ2n) is 5.75. The van der Waals surface area contributed by atoms with E-state index < -0.39 is 0 Å². The molecule has 1 aliphatic rings. The van der Waals surface area contributed by atoms with Gasteiger partial charge in [-0.15, -0.1) is 0 Å². The van der Waals surface area contributed by atoms with E-state index in [0.29, 0.717) is 6.04 Å². The van der Waals surface area contributed by atoms with Gasteiger partial charge in [0.15, 0.2) is 0 Å². The highest BCUT2D eigenvalue weighted by Gasteiger charge is 2.24. The van der Waals surface area contributed by atoms with E-state index in [4.69, 9.17) is 0 Å². The molecular formula is C19H27N. The van der Waals surface area contributed by atoms with Crippen LogP contribution in [0, 0.1) is 0 Å². The Morgan fingerprint density at radius 3 is 2.55 bits per heavy atom. The second-order valence-corrected chi connectivity index (χ2v) is 5.75. The zero-order valence-electron chi connectivity index (χ0n) is 13.1. The normalized spacial score (nSPS) is 21.1. The van der Waals surface area contributed by atoms with Gasteiger partial charge in [-0.05, 0) is 37.5 Å². The van der Waals surface area contributed by atoms with Gasteiger partial charge >= 0.3 is 0 Å². The third-order valence-electron chi connectivity index (χ3n) is 3.91. The summed E-state index contributed by atoms with van der Waals surface area (Å²) >= 11 is 0. The highest BCUT2D eigenvalue weighted by molar-refractivity contribution is 5.54. The minimum Gasteiger partial charge on any atom is -0.361 e. The van der Waals surface area contributed by atoms with Gasteiger partial charge in [0.25, 0.3) is 0 Å². The van der Waals surface area contributed by atoms with Crippen molar-refractivity contribution in [1.82, 2.24) is 0 Å². The molecule has 1 heterocycles. The predicted octanol–water partition coefficient (Wildman–Crippen LogP) is 5.35. The number of para-hydroxylation sites is 1. The molecule has 1 atom stereocenters. The number of nitrogens with zero attached hydrogens (tertiary/aromatic N) is 1. The van der Waals surface area contributed by atoms with Crippen molar-refractivity contribution < 1.29 is 0 Å². The van der Waals surface area contributed by atoms with Crippen LogP contribution < -0.4 is 4.90 Å². The highest BCUT2D eigenvalue weighted by atomic mass is 15.2. The Bertz CT molecular complexity index is 470. The number of allylic oxidation sites excluding steroid dienone is 1. The van der Waals surface area contributed by atoms with Crippen LogP contribution in [0.25, 0.3) is 0 Å². The summed E-state index contributed by atoms with van der Waals surface area (Å²) in [5.41, 5.74) is 4.32. The van der Waals surface area contributed by atoms with Crippen molar-refractivity contribution in [3.8, 4) is 0 Å². The molecule has 1 heteroatoms. The first-order valence-corrected chi connectivity index (χ1v) is 7.95. The Hall–Kier alpha value is -1.50. The van der Waals surface area contributed by atoms with Gasteiger partial charge < -0.3 is 4.90 Å². The van der Waals surface area contributed by atoms with Gasteiger partial charge in [0.1, 0.15) is 0 Å². The lowest BCUT2D eigenvalue weighted by atomic mass is 9.92. The Balaban J connectivity index is 2.33. The van der Waals surface area contributed by atoms with Crippen LogP contribution in [0.4, 0.5) is 5.69 Å². The molecule has 0 amide bonds. The maximum Gasteiger partial charge on any atom is 0.0542 e. The maximum atomic E-state index is 2.57. The molecule has 0 N–H and O–H groups in total. The molecule has 0 aromatic heterocycles. The highest BCUT2D eigenvalue weighted by Crippen LogP contribution is 2.30.